The number of carbonyl (C=O) groups is 1. The summed E-state index contributed by atoms with van der Waals surface area (Å²) in [6.45, 7) is 4.13. The average Bonchev–Trinajstić information content (AvgIpc) is 2.81. The molecule has 0 radical (unpaired) electrons. The Kier molecular flexibility index (Phi) is 3.90. The molecule has 0 fully saturated rings. The molecular weight excluding hydrogens is 262 g/mol. The Bertz CT molecular complexity index is 619. The van der Waals surface area contributed by atoms with Crippen LogP contribution in [0.4, 0.5) is 0 Å². The number of primary amides is 1. The van der Waals surface area contributed by atoms with E-state index < -0.39 is 5.91 Å². The zero-order chi connectivity index (χ0) is 14.0. The van der Waals surface area contributed by atoms with Crippen LogP contribution in [0.15, 0.2) is 24.3 Å². The third-order valence-corrected chi connectivity index (χ3v) is 3.32. The number of hydrogen-bond acceptors (Lipinski definition) is 2. The standard InChI is InChI=1S/C14H16ClN3O/c1-3-10-8-11(4-2)18(17-10)13-6-5-9(14(16)19)7-12(13)15/h5-8H,3-4H2,1-2H3,(H2,16,19). The van der Waals surface area contributed by atoms with Crippen LogP contribution < -0.4 is 5.73 Å². The zero-order valence-corrected chi connectivity index (χ0v) is 11.7. The van der Waals surface area contributed by atoms with Gasteiger partial charge in [0.15, 0.2) is 0 Å². The normalized spacial score (nSPS) is 10.7. The van der Waals surface area contributed by atoms with E-state index >= 15 is 0 Å². The van der Waals surface area contributed by atoms with Gasteiger partial charge < -0.3 is 5.73 Å². The van der Waals surface area contributed by atoms with Crippen molar-refractivity contribution in [2.24, 2.45) is 5.73 Å². The number of nitrogens with zero attached hydrogens (tertiary/aromatic N) is 2. The molecule has 4 nitrogen and oxygen atoms in total. The molecule has 0 aliphatic carbocycles. The monoisotopic (exact) mass is 277 g/mol. The summed E-state index contributed by atoms with van der Waals surface area (Å²) in [5.74, 6) is -0.487. The molecule has 0 aliphatic rings. The zero-order valence-electron chi connectivity index (χ0n) is 11.0. The van der Waals surface area contributed by atoms with Crippen LogP contribution in [-0.2, 0) is 12.8 Å². The predicted molar refractivity (Wildman–Crippen MR) is 75.8 cm³/mol. The lowest BCUT2D eigenvalue weighted by Gasteiger charge is -2.09. The summed E-state index contributed by atoms with van der Waals surface area (Å²) >= 11 is 6.22. The number of hydrogen-bond donors (Lipinski definition) is 1. The van der Waals surface area contributed by atoms with Gasteiger partial charge in [0, 0.05) is 11.3 Å². The summed E-state index contributed by atoms with van der Waals surface area (Å²) in [4.78, 5) is 11.1. The number of carbonyl (C=O) groups excluding carboxylic acids is 1. The molecule has 2 N–H and O–H groups in total. The van der Waals surface area contributed by atoms with Crippen LogP contribution in [0.1, 0.15) is 35.6 Å². The first-order chi connectivity index (χ1) is 9.06. The van der Waals surface area contributed by atoms with Crippen molar-refractivity contribution in [2.75, 3.05) is 0 Å². The van der Waals surface area contributed by atoms with Crippen LogP contribution in [0.5, 0.6) is 0 Å². The molecule has 1 heterocycles. The quantitative estimate of drug-likeness (QED) is 0.934. The van der Waals surface area contributed by atoms with Gasteiger partial charge in [0.1, 0.15) is 0 Å². The minimum Gasteiger partial charge on any atom is -0.366 e. The second kappa shape index (κ2) is 5.45. The van der Waals surface area contributed by atoms with Crippen LogP contribution in [0.2, 0.25) is 5.02 Å². The molecule has 0 unspecified atom stereocenters. The van der Waals surface area contributed by atoms with Gasteiger partial charge >= 0.3 is 0 Å². The van der Waals surface area contributed by atoms with E-state index in [4.69, 9.17) is 17.3 Å². The minimum absolute atomic E-state index is 0.398. The Labute approximate surface area is 117 Å². The fourth-order valence-corrected chi connectivity index (χ4v) is 2.20. The van der Waals surface area contributed by atoms with Gasteiger partial charge in [-0.05, 0) is 37.1 Å². The molecule has 1 aromatic heterocycles. The van der Waals surface area contributed by atoms with Crippen molar-refractivity contribution in [3.63, 3.8) is 0 Å². The van der Waals surface area contributed by atoms with Gasteiger partial charge in [-0.15, -0.1) is 0 Å². The summed E-state index contributed by atoms with van der Waals surface area (Å²) in [6, 6.07) is 7.08. The van der Waals surface area contributed by atoms with E-state index in [-0.39, 0.29) is 0 Å². The van der Waals surface area contributed by atoms with Crippen LogP contribution in [0, 0.1) is 0 Å². The lowest BCUT2D eigenvalue weighted by molar-refractivity contribution is 0.100. The molecule has 2 aromatic rings. The maximum Gasteiger partial charge on any atom is 0.248 e. The Morgan fingerprint density at radius 1 is 1.32 bits per heavy atom. The number of halogens is 1. The Morgan fingerprint density at radius 2 is 2.05 bits per heavy atom. The van der Waals surface area contributed by atoms with Crippen molar-refractivity contribution in [1.82, 2.24) is 9.78 Å². The molecule has 5 heteroatoms. The first-order valence-corrected chi connectivity index (χ1v) is 6.62. The van der Waals surface area contributed by atoms with Gasteiger partial charge in [-0.25, -0.2) is 4.68 Å². The van der Waals surface area contributed by atoms with E-state index in [1.165, 1.54) is 0 Å². The van der Waals surface area contributed by atoms with Crippen molar-refractivity contribution in [1.29, 1.82) is 0 Å². The van der Waals surface area contributed by atoms with Crippen molar-refractivity contribution in [2.45, 2.75) is 26.7 Å². The number of rotatable bonds is 4. The highest BCUT2D eigenvalue weighted by Gasteiger charge is 2.12. The third-order valence-electron chi connectivity index (χ3n) is 3.02. The summed E-state index contributed by atoms with van der Waals surface area (Å²) in [5.41, 5.74) is 8.51. The van der Waals surface area contributed by atoms with Crippen LogP contribution in [0.25, 0.3) is 5.69 Å². The largest absolute Gasteiger partial charge is 0.366 e. The van der Waals surface area contributed by atoms with E-state index in [0.717, 1.165) is 29.9 Å². The van der Waals surface area contributed by atoms with Gasteiger partial charge in [0.2, 0.25) is 5.91 Å². The molecule has 0 saturated carbocycles. The molecule has 19 heavy (non-hydrogen) atoms. The molecule has 100 valence electrons. The topological polar surface area (TPSA) is 60.9 Å². The number of aromatic nitrogens is 2. The fraction of sp³-hybridized carbons (Fsp3) is 0.286. The summed E-state index contributed by atoms with van der Waals surface area (Å²) in [7, 11) is 0. The van der Waals surface area contributed by atoms with Gasteiger partial charge in [-0.1, -0.05) is 25.4 Å². The molecule has 0 atom stereocenters. The van der Waals surface area contributed by atoms with Crippen molar-refractivity contribution in [3.05, 3.63) is 46.2 Å². The predicted octanol–water partition coefficient (Wildman–Crippen LogP) is 2.75. The lowest BCUT2D eigenvalue weighted by atomic mass is 10.2. The SMILES string of the molecule is CCc1cc(CC)n(-c2ccc(C(N)=O)cc2Cl)n1. The van der Waals surface area contributed by atoms with E-state index in [1.807, 2.05) is 4.68 Å². The van der Waals surface area contributed by atoms with E-state index in [2.05, 4.69) is 25.0 Å². The second-order valence-electron chi connectivity index (χ2n) is 4.28. The third kappa shape index (κ3) is 2.63. The smallest absolute Gasteiger partial charge is 0.248 e. The summed E-state index contributed by atoms with van der Waals surface area (Å²) in [5, 5.41) is 4.99. The van der Waals surface area contributed by atoms with E-state index in [9.17, 15) is 4.79 Å². The van der Waals surface area contributed by atoms with Gasteiger partial charge in [-0.2, -0.15) is 5.10 Å². The number of nitrogens with two attached hydrogens (primary N) is 1. The van der Waals surface area contributed by atoms with Crippen molar-refractivity contribution in [3.8, 4) is 5.69 Å². The van der Waals surface area contributed by atoms with E-state index in [0.29, 0.717) is 10.6 Å². The summed E-state index contributed by atoms with van der Waals surface area (Å²) < 4.78 is 1.83. The molecule has 0 aliphatic heterocycles. The molecular formula is C14H16ClN3O. The molecule has 0 bridgehead atoms. The Balaban J connectivity index is 2.52. The van der Waals surface area contributed by atoms with Crippen LogP contribution >= 0.6 is 11.6 Å². The average molecular weight is 278 g/mol. The Morgan fingerprint density at radius 3 is 2.58 bits per heavy atom. The second-order valence-corrected chi connectivity index (χ2v) is 4.68. The van der Waals surface area contributed by atoms with Gasteiger partial charge in [0.05, 0.1) is 16.4 Å². The number of benzene rings is 1. The van der Waals surface area contributed by atoms with Crippen LogP contribution in [0.3, 0.4) is 0 Å². The lowest BCUT2D eigenvalue weighted by Crippen LogP contribution is -2.11. The molecule has 0 spiro atoms. The molecule has 2 rings (SSSR count). The van der Waals surface area contributed by atoms with Crippen molar-refractivity contribution < 1.29 is 4.79 Å². The summed E-state index contributed by atoms with van der Waals surface area (Å²) in [6.07, 6.45) is 1.73. The fourth-order valence-electron chi connectivity index (χ4n) is 1.94. The van der Waals surface area contributed by atoms with E-state index in [1.54, 1.807) is 18.2 Å². The number of amides is 1. The maximum atomic E-state index is 11.1. The van der Waals surface area contributed by atoms with Crippen molar-refractivity contribution >= 4 is 17.5 Å². The highest BCUT2D eigenvalue weighted by atomic mass is 35.5. The minimum atomic E-state index is -0.487. The first-order valence-electron chi connectivity index (χ1n) is 6.24. The Hall–Kier alpha value is -1.81. The van der Waals surface area contributed by atoms with Gasteiger partial charge in [0.25, 0.3) is 0 Å². The first kappa shape index (κ1) is 13.6. The molecule has 1 amide bonds. The highest BCUT2D eigenvalue weighted by molar-refractivity contribution is 6.32. The maximum absolute atomic E-state index is 11.1. The highest BCUT2D eigenvalue weighted by Crippen LogP contribution is 2.23. The molecule has 0 saturated heterocycles. The number of aryl methyl sites for hydroxylation is 2. The van der Waals surface area contributed by atoms with Crippen LogP contribution in [-0.4, -0.2) is 15.7 Å². The molecule has 1 aromatic carbocycles. The van der Waals surface area contributed by atoms with Gasteiger partial charge in [-0.3, -0.25) is 4.79 Å².